The third-order valence-corrected chi connectivity index (χ3v) is 7.32. The molecule has 3 heterocycles. The van der Waals surface area contributed by atoms with Crippen molar-refractivity contribution in [3.8, 4) is 17.0 Å². The molecule has 0 unspecified atom stereocenters. The maximum absolute atomic E-state index is 14.3. The molecule has 1 aliphatic heterocycles. The maximum atomic E-state index is 14.3. The number of nitrogens with one attached hydrogen (secondary N) is 1. The first-order chi connectivity index (χ1) is 19.6. The van der Waals surface area contributed by atoms with E-state index in [1.54, 1.807) is 36.2 Å². The van der Waals surface area contributed by atoms with Gasteiger partial charge in [0.1, 0.15) is 17.4 Å². The van der Waals surface area contributed by atoms with Crippen LogP contribution in [0.1, 0.15) is 33.2 Å². The summed E-state index contributed by atoms with van der Waals surface area (Å²) in [6.45, 7) is 2.69. The van der Waals surface area contributed by atoms with E-state index in [1.807, 2.05) is 35.2 Å². The van der Waals surface area contributed by atoms with Crippen molar-refractivity contribution in [3.63, 3.8) is 0 Å². The fraction of sp³-hybridized carbons (Fsp3) is 0.310. The van der Waals surface area contributed by atoms with Gasteiger partial charge in [-0.25, -0.2) is 9.50 Å². The first kappa shape index (κ1) is 28.1. The summed E-state index contributed by atoms with van der Waals surface area (Å²) >= 11 is 0. The molecule has 9 nitrogen and oxygen atoms in total. The van der Waals surface area contributed by atoms with Crippen LogP contribution in [0.15, 0.2) is 60.8 Å². The fourth-order valence-corrected chi connectivity index (χ4v) is 5.24. The highest BCUT2D eigenvalue weighted by Gasteiger charge is 2.39. The van der Waals surface area contributed by atoms with E-state index >= 15 is 0 Å². The molecule has 2 amide bonds. The Labute approximate surface area is 234 Å². The third kappa shape index (κ3) is 5.34. The van der Waals surface area contributed by atoms with Crippen molar-refractivity contribution >= 4 is 17.5 Å². The Kier molecular flexibility index (Phi) is 7.68. The number of hydrogen-bond acceptors (Lipinski definition) is 6. The van der Waals surface area contributed by atoms with Crippen LogP contribution in [0.5, 0.6) is 5.75 Å². The van der Waals surface area contributed by atoms with Crippen molar-refractivity contribution in [1.29, 1.82) is 0 Å². The van der Waals surface area contributed by atoms with Gasteiger partial charge in [0, 0.05) is 44.4 Å². The van der Waals surface area contributed by atoms with Crippen LogP contribution in [-0.2, 0) is 11.0 Å². The number of likely N-dealkylation sites (N-methyl/N-ethyl adjacent to an activating group) is 1. The number of ether oxygens (including phenoxy) is 1. The average molecular weight is 567 g/mol. The van der Waals surface area contributed by atoms with Gasteiger partial charge < -0.3 is 15.0 Å². The normalized spacial score (nSPS) is 15.1. The summed E-state index contributed by atoms with van der Waals surface area (Å²) in [6, 6.07) is 15.3. The molecule has 5 rings (SSSR count). The molecule has 1 atom stereocenters. The fourth-order valence-electron chi connectivity index (χ4n) is 5.24. The topological polar surface area (TPSA) is 92.1 Å². The minimum Gasteiger partial charge on any atom is -0.497 e. The van der Waals surface area contributed by atoms with Crippen molar-refractivity contribution in [3.05, 3.63) is 83.2 Å². The number of hydrogen-bond donors (Lipinski definition) is 1. The van der Waals surface area contributed by atoms with E-state index in [9.17, 15) is 22.8 Å². The van der Waals surface area contributed by atoms with Crippen LogP contribution in [0, 0.1) is 6.92 Å². The van der Waals surface area contributed by atoms with Crippen LogP contribution in [0.3, 0.4) is 0 Å². The van der Waals surface area contributed by atoms with Crippen molar-refractivity contribution in [1.82, 2.24) is 29.7 Å². The molecule has 4 aromatic rings. The average Bonchev–Trinajstić information content (AvgIpc) is 3.39. The number of aromatic nitrogens is 3. The number of carbonyl (C=O) groups is 2. The van der Waals surface area contributed by atoms with Gasteiger partial charge in [-0.2, -0.15) is 18.3 Å². The third-order valence-electron chi connectivity index (χ3n) is 7.32. The summed E-state index contributed by atoms with van der Waals surface area (Å²) in [4.78, 5) is 34.4. The van der Waals surface area contributed by atoms with E-state index in [-0.39, 0.29) is 41.5 Å². The van der Waals surface area contributed by atoms with Crippen molar-refractivity contribution in [2.24, 2.45) is 0 Å². The summed E-state index contributed by atoms with van der Waals surface area (Å²) in [5, 5.41) is 6.65. The second-order valence-corrected chi connectivity index (χ2v) is 9.71. The quantitative estimate of drug-likeness (QED) is 0.380. The van der Waals surface area contributed by atoms with E-state index in [2.05, 4.69) is 15.4 Å². The molecule has 41 heavy (non-hydrogen) atoms. The molecule has 1 saturated heterocycles. The van der Waals surface area contributed by atoms with Crippen LogP contribution < -0.4 is 10.1 Å². The molecule has 1 aliphatic rings. The van der Waals surface area contributed by atoms with Gasteiger partial charge in [-0.1, -0.05) is 30.3 Å². The Balaban J connectivity index is 1.46. The second-order valence-electron chi connectivity index (χ2n) is 9.71. The smallest absolute Gasteiger partial charge is 0.433 e. The van der Waals surface area contributed by atoms with Gasteiger partial charge in [-0.05, 0) is 36.8 Å². The van der Waals surface area contributed by atoms with Gasteiger partial charge >= 0.3 is 6.18 Å². The first-order valence-corrected chi connectivity index (χ1v) is 13.0. The first-order valence-electron chi connectivity index (χ1n) is 13.0. The van der Waals surface area contributed by atoms with Gasteiger partial charge in [-0.15, -0.1) is 0 Å². The lowest BCUT2D eigenvalue weighted by Crippen LogP contribution is -2.52. The molecule has 0 saturated carbocycles. The van der Waals surface area contributed by atoms with Crippen LogP contribution >= 0.6 is 0 Å². The van der Waals surface area contributed by atoms with Gasteiger partial charge in [0.25, 0.3) is 5.91 Å². The number of fused-ring (bicyclic) bond motifs is 1. The van der Waals surface area contributed by atoms with E-state index in [0.717, 1.165) is 11.8 Å². The van der Waals surface area contributed by atoms with E-state index in [0.29, 0.717) is 28.9 Å². The van der Waals surface area contributed by atoms with Gasteiger partial charge in [-0.3, -0.25) is 14.5 Å². The van der Waals surface area contributed by atoms with E-state index < -0.39 is 23.8 Å². The lowest BCUT2D eigenvalue weighted by molar-refractivity contribution is -0.143. The summed E-state index contributed by atoms with van der Waals surface area (Å²) in [5.41, 5.74) is 0.0900. The standard InChI is InChI=1S/C29H29F3N6O3/c1-18-23(19-9-11-21(41-3)12-10-19)35-26-22(17-34-38(26)25(18)29(30,31)32)28(40)37-15-13-36(14-16-37)24(27(39)33-2)20-7-5-4-6-8-20/h4-12,17,24H,13-16H2,1-3H3,(H,33,39)/t24-/m1/s1. The molecule has 2 aromatic heterocycles. The summed E-state index contributed by atoms with van der Waals surface area (Å²) in [6.07, 6.45) is -3.60. The Morgan fingerprint density at radius 1 is 1.00 bits per heavy atom. The maximum Gasteiger partial charge on any atom is 0.433 e. The molecule has 1 N–H and O–H groups in total. The molecule has 2 aromatic carbocycles. The van der Waals surface area contributed by atoms with E-state index in [4.69, 9.17) is 4.74 Å². The van der Waals surface area contributed by atoms with Gasteiger partial charge in [0.15, 0.2) is 11.3 Å². The molecule has 0 spiro atoms. The number of alkyl halides is 3. The second kappa shape index (κ2) is 11.2. The number of carbonyl (C=O) groups excluding carboxylic acids is 2. The van der Waals surface area contributed by atoms with Gasteiger partial charge in [0.05, 0.1) is 19.0 Å². The van der Waals surface area contributed by atoms with Crippen molar-refractivity contribution in [2.75, 3.05) is 40.3 Å². The Bertz CT molecular complexity index is 1560. The largest absolute Gasteiger partial charge is 0.497 e. The van der Waals surface area contributed by atoms with Crippen LogP contribution in [-0.4, -0.2) is 76.5 Å². The van der Waals surface area contributed by atoms with Crippen molar-refractivity contribution < 1.29 is 27.5 Å². The van der Waals surface area contributed by atoms with Crippen LogP contribution in [0.4, 0.5) is 13.2 Å². The zero-order valence-corrected chi connectivity index (χ0v) is 22.8. The number of rotatable bonds is 6. The van der Waals surface area contributed by atoms with Crippen LogP contribution in [0.25, 0.3) is 16.9 Å². The highest BCUT2D eigenvalue weighted by atomic mass is 19.4. The molecule has 12 heteroatoms. The molecular formula is C29H29F3N6O3. The zero-order valence-electron chi connectivity index (χ0n) is 22.8. The Hall–Kier alpha value is -4.45. The Morgan fingerprint density at radius 3 is 2.24 bits per heavy atom. The number of piperazine rings is 1. The highest BCUT2D eigenvalue weighted by Crippen LogP contribution is 2.37. The Morgan fingerprint density at radius 2 is 1.66 bits per heavy atom. The van der Waals surface area contributed by atoms with Crippen molar-refractivity contribution in [2.45, 2.75) is 19.1 Å². The highest BCUT2D eigenvalue weighted by molar-refractivity contribution is 6.00. The molecule has 0 radical (unpaired) electrons. The molecule has 1 fully saturated rings. The minimum absolute atomic E-state index is 0.0235. The monoisotopic (exact) mass is 566 g/mol. The lowest BCUT2D eigenvalue weighted by atomic mass is 10.0. The predicted molar refractivity (Wildman–Crippen MR) is 145 cm³/mol. The summed E-state index contributed by atoms with van der Waals surface area (Å²) in [7, 11) is 3.07. The van der Waals surface area contributed by atoms with E-state index in [1.165, 1.54) is 14.0 Å². The SMILES string of the molecule is CNC(=O)[C@@H](c1ccccc1)N1CCN(C(=O)c2cnn3c(C(F)(F)F)c(C)c(-c4ccc(OC)cc4)nc23)CC1. The lowest BCUT2D eigenvalue weighted by Gasteiger charge is -2.38. The minimum atomic E-state index is -4.74. The number of nitrogens with zero attached hydrogens (tertiary/aromatic N) is 5. The van der Waals surface area contributed by atoms with Crippen LogP contribution in [0.2, 0.25) is 0 Å². The summed E-state index contributed by atoms with van der Waals surface area (Å²) < 4.78 is 48.7. The predicted octanol–water partition coefficient (Wildman–Crippen LogP) is 3.98. The molecular weight excluding hydrogens is 537 g/mol. The van der Waals surface area contributed by atoms with Gasteiger partial charge in [0.2, 0.25) is 5.91 Å². The number of methoxy groups -OCH3 is 1. The number of halogens is 3. The zero-order chi connectivity index (χ0) is 29.3. The molecule has 214 valence electrons. The summed E-state index contributed by atoms with van der Waals surface area (Å²) in [5.74, 6) is -0.0845. The number of amides is 2. The number of benzene rings is 2. The molecule has 0 bridgehead atoms. The molecule has 0 aliphatic carbocycles.